The van der Waals surface area contributed by atoms with Crippen LogP contribution in [-0.4, -0.2) is 44.7 Å². The molecule has 9 heteroatoms. The quantitative estimate of drug-likeness (QED) is 0.659. The molecule has 1 aliphatic heterocycles. The van der Waals surface area contributed by atoms with Crippen LogP contribution in [0, 0.1) is 12.8 Å². The number of nitrogens with one attached hydrogen (secondary N) is 2. The summed E-state index contributed by atoms with van der Waals surface area (Å²) in [6, 6.07) is 10.9. The van der Waals surface area contributed by atoms with Crippen LogP contribution in [0.4, 0.5) is 17.2 Å². The zero-order valence-corrected chi connectivity index (χ0v) is 17.6. The number of aromatic nitrogens is 4. The van der Waals surface area contributed by atoms with Crippen molar-refractivity contribution in [2.45, 2.75) is 26.7 Å². The van der Waals surface area contributed by atoms with Crippen molar-refractivity contribution in [3.05, 3.63) is 54.6 Å². The molecule has 31 heavy (non-hydrogen) atoms. The fraction of sp³-hybridized carbons (Fsp3) is 0.318. The van der Waals surface area contributed by atoms with Crippen molar-refractivity contribution in [1.29, 1.82) is 0 Å². The van der Waals surface area contributed by atoms with Crippen molar-refractivity contribution in [3.8, 4) is 5.82 Å². The molecule has 1 atom stereocenters. The Morgan fingerprint density at radius 2 is 1.68 bits per heavy atom. The van der Waals surface area contributed by atoms with E-state index >= 15 is 0 Å². The Morgan fingerprint density at radius 3 is 2.29 bits per heavy atom. The lowest BCUT2D eigenvalue weighted by atomic mass is 9.97. The highest BCUT2D eigenvalue weighted by atomic mass is 16.2. The van der Waals surface area contributed by atoms with Crippen LogP contribution in [0.1, 0.15) is 25.6 Å². The summed E-state index contributed by atoms with van der Waals surface area (Å²) in [5.41, 5.74) is 1.40. The molecule has 0 aliphatic carbocycles. The summed E-state index contributed by atoms with van der Waals surface area (Å²) < 4.78 is 1.88. The van der Waals surface area contributed by atoms with Crippen LogP contribution in [0.5, 0.6) is 0 Å². The standard InChI is InChI=1S/C22H25N7O2/c1-15-23-11-13-29(15)21-10-9-20(26-27-21)28-12-3-4-17(14-28)22(31)25-19-7-5-18(6-8-19)24-16(2)30/h5-11,13,17H,3-4,12,14H2,1-2H3,(H,24,30)(H,25,31). The second-order valence-electron chi connectivity index (χ2n) is 7.63. The molecule has 3 heterocycles. The molecule has 1 unspecified atom stereocenters. The zero-order chi connectivity index (χ0) is 21.8. The topological polar surface area (TPSA) is 105 Å². The molecule has 9 nitrogen and oxygen atoms in total. The molecular formula is C22H25N7O2. The Balaban J connectivity index is 1.38. The van der Waals surface area contributed by atoms with E-state index in [1.165, 1.54) is 6.92 Å². The number of anilines is 3. The molecule has 0 radical (unpaired) electrons. The lowest BCUT2D eigenvalue weighted by molar-refractivity contribution is -0.120. The highest BCUT2D eigenvalue weighted by Gasteiger charge is 2.27. The Bertz CT molecular complexity index is 1060. The molecule has 2 amide bonds. The van der Waals surface area contributed by atoms with Gasteiger partial charge in [0.25, 0.3) is 0 Å². The van der Waals surface area contributed by atoms with Crippen LogP contribution in [0.3, 0.4) is 0 Å². The van der Waals surface area contributed by atoms with Gasteiger partial charge in [0.05, 0.1) is 5.92 Å². The molecule has 1 aliphatic rings. The number of amides is 2. The van der Waals surface area contributed by atoms with E-state index in [-0.39, 0.29) is 17.7 Å². The first-order valence-corrected chi connectivity index (χ1v) is 10.3. The van der Waals surface area contributed by atoms with Gasteiger partial charge >= 0.3 is 0 Å². The second-order valence-corrected chi connectivity index (χ2v) is 7.63. The Hall–Kier alpha value is -3.75. The van der Waals surface area contributed by atoms with Gasteiger partial charge in [-0.25, -0.2) is 4.98 Å². The number of carbonyl (C=O) groups is 2. The molecular weight excluding hydrogens is 394 g/mol. The number of rotatable bonds is 5. The average molecular weight is 419 g/mol. The molecule has 3 aromatic rings. The van der Waals surface area contributed by atoms with Crippen LogP contribution in [0.25, 0.3) is 5.82 Å². The van der Waals surface area contributed by atoms with Crippen molar-refractivity contribution in [2.24, 2.45) is 5.92 Å². The SMILES string of the molecule is CC(=O)Nc1ccc(NC(=O)C2CCCN(c3ccc(-n4ccnc4C)nn3)C2)cc1. The van der Waals surface area contributed by atoms with Gasteiger partial charge in [0.15, 0.2) is 11.6 Å². The number of carbonyl (C=O) groups excluding carboxylic acids is 2. The van der Waals surface area contributed by atoms with Gasteiger partial charge in [0.2, 0.25) is 11.8 Å². The largest absolute Gasteiger partial charge is 0.354 e. The molecule has 0 saturated carbocycles. The second kappa shape index (κ2) is 8.95. The summed E-state index contributed by atoms with van der Waals surface area (Å²) in [7, 11) is 0. The van der Waals surface area contributed by atoms with Crippen molar-refractivity contribution < 1.29 is 9.59 Å². The van der Waals surface area contributed by atoms with Crippen molar-refractivity contribution >= 4 is 29.0 Å². The maximum Gasteiger partial charge on any atom is 0.229 e. The molecule has 1 fully saturated rings. The van der Waals surface area contributed by atoms with Gasteiger partial charge in [-0.3, -0.25) is 14.2 Å². The highest BCUT2D eigenvalue weighted by molar-refractivity contribution is 5.94. The summed E-state index contributed by atoms with van der Waals surface area (Å²) in [4.78, 5) is 30.2. The van der Waals surface area contributed by atoms with Gasteiger partial charge in [0, 0.05) is 43.8 Å². The van der Waals surface area contributed by atoms with Crippen LogP contribution in [0.2, 0.25) is 0 Å². The highest BCUT2D eigenvalue weighted by Crippen LogP contribution is 2.23. The Kier molecular flexibility index (Phi) is 5.92. The van der Waals surface area contributed by atoms with E-state index in [1.54, 1.807) is 30.5 Å². The molecule has 4 rings (SSSR count). The summed E-state index contributed by atoms with van der Waals surface area (Å²) in [5, 5.41) is 14.4. The van der Waals surface area contributed by atoms with Crippen LogP contribution in [-0.2, 0) is 9.59 Å². The van der Waals surface area contributed by atoms with Gasteiger partial charge in [-0.2, -0.15) is 0 Å². The van der Waals surface area contributed by atoms with Gasteiger partial charge < -0.3 is 15.5 Å². The van der Waals surface area contributed by atoms with E-state index in [0.717, 1.165) is 31.0 Å². The first-order chi connectivity index (χ1) is 15.0. The number of aryl methyl sites for hydroxylation is 1. The molecule has 1 saturated heterocycles. The fourth-order valence-electron chi connectivity index (χ4n) is 3.72. The Morgan fingerprint density at radius 1 is 1.00 bits per heavy atom. The smallest absolute Gasteiger partial charge is 0.229 e. The number of nitrogens with zero attached hydrogens (tertiary/aromatic N) is 5. The maximum absolute atomic E-state index is 12.8. The molecule has 2 aromatic heterocycles. The average Bonchev–Trinajstić information content (AvgIpc) is 3.21. The number of imidazole rings is 1. The lowest BCUT2D eigenvalue weighted by Gasteiger charge is -2.32. The van der Waals surface area contributed by atoms with Crippen LogP contribution in [0.15, 0.2) is 48.8 Å². The monoisotopic (exact) mass is 419 g/mol. The predicted octanol–water partition coefficient (Wildman–Crippen LogP) is 2.78. The van der Waals surface area contributed by atoms with Gasteiger partial charge in [-0.1, -0.05) is 0 Å². The molecule has 0 spiro atoms. The van der Waals surface area contributed by atoms with E-state index in [9.17, 15) is 9.59 Å². The maximum atomic E-state index is 12.8. The summed E-state index contributed by atoms with van der Waals surface area (Å²) in [6.45, 7) is 4.80. The van der Waals surface area contributed by atoms with Crippen molar-refractivity contribution in [1.82, 2.24) is 19.7 Å². The minimum Gasteiger partial charge on any atom is -0.354 e. The normalized spacial score (nSPS) is 16.1. The lowest BCUT2D eigenvalue weighted by Crippen LogP contribution is -2.41. The predicted molar refractivity (Wildman–Crippen MR) is 118 cm³/mol. The van der Waals surface area contributed by atoms with Crippen molar-refractivity contribution in [3.63, 3.8) is 0 Å². The van der Waals surface area contributed by atoms with Crippen LogP contribution >= 0.6 is 0 Å². The van der Waals surface area contributed by atoms with E-state index in [0.29, 0.717) is 23.7 Å². The summed E-state index contributed by atoms with van der Waals surface area (Å²) >= 11 is 0. The van der Waals surface area contributed by atoms with Crippen molar-refractivity contribution in [2.75, 3.05) is 28.6 Å². The summed E-state index contributed by atoms with van der Waals surface area (Å²) in [5.74, 6) is 2.04. The van der Waals surface area contributed by atoms with E-state index in [4.69, 9.17) is 0 Å². The molecule has 1 aromatic carbocycles. The summed E-state index contributed by atoms with van der Waals surface area (Å²) in [6.07, 6.45) is 5.31. The van der Waals surface area contributed by atoms with Gasteiger partial charge in [-0.05, 0) is 56.2 Å². The fourth-order valence-corrected chi connectivity index (χ4v) is 3.72. The molecule has 160 valence electrons. The number of hydrogen-bond donors (Lipinski definition) is 2. The third kappa shape index (κ3) is 4.88. The minimum atomic E-state index is -0.138. The number of benzene rings is 1. The number of hydrogen-bond acceptors (Lipinski definition) is 6. The Labute approximate surface area is 180 Å². The third-order valence-corrected chi connectivity index (χ3v) is 5.30. The molecule has 2 N–H and O–H groups in total. The van der Waals surface area contributed by atoms with E-state index in [2.05, 4.69) is 30.7 Å². The first-order valence-electron chi connectivity index (χ1n) is 10.3. The number of piperidine rings is 1. The molecule has 0 bridgehead atoms. The van der Waals surface area contributed by atoms with E-state index < -0.39 is 0 Å². The van der Waals surface area contributed by atoms with Gasteiger partial charge in [0.1, 0.15) is 5.82 Å². The zero-order valence-electron chi connectivity index (χ0n) is 17.6. The van der Waals surface area contributed by atoms with Crippen LogP contribution < -0.4 is 15.5 Å². The van der Waals surface area contributed by atoms with Gasteiger partial charge in [-0.15, -0.1) is 10.2 Å². The minimum absolute atomic E-state index is 0.0180. The third-order valence-electron chi connectivity index (χ3n) is 5.30. The van der Waals surface area contributed by atoms with E-state index in [1.807, 2.05) is 29.8 Å². The first kappa shape index (κ1) is 20.5.